The highest BCUT2D eigenvalue weighted by Crippen LogP contribution is 2.21. The number of halogens is 1. The fraction of sp³-hybridized carbons (Fsp3) is 0.526. The smallest absolute Gasteiger partial charge is 0.227 e. The maximum absolute atomic E-state index is 12.4. The van der Waals surface area contributed by atoms with Gasteiger partial charge in [-0.25, -0.2) is 0 Å². The van der Waals surface area contributed by atoms with E-state index in [0.29, 0.717) is 29.6 Å². The Morgan fingerprint density at radius 2 is 2.04 bits per heavy atom. The lowest BCUT2D eigenvalue weighted by atomic mass is 9.93. The number of amides is 1. The zero-order valence-corrected chi connectivity index (χ0v) is 15.8. The third-order valence-electron chi connectivity index (χ3n) is 4.89. The molecule has 1 amide bonds. The highest BCUT2D eigenvalue weighted by Gasteiger charge is 2.22. The van der Waals surface area contributed by atoms with Crippen molar-refractivity contribution in [3.63, 3.8) is 0 Å². The van der Waals surface area contributed by atoms with E-state index in [-0.39, 0.29) is 5.91 Å². The summed E-state index contributed by atoms with van der Waals surface area (Å²) in [7, 11) is 1.98. The van der Waals surface area contributed by atoms with Crippen LogP contribution in [0.25, 0.3) is 11.4 Å². The predicted octanol–water partition coefficient (Wildman–Crippen LogP) is 3.17. The lowest BCUT2D eigenvalue weighted by molar-refractivity contribution is -0.132. The Bertz CT molecular complexity index is 709. The first-order chi connectivity index (χ1) is 12.7. The number of nitrogens with one attached hydrogen (secondary N) is 1. The summed E-state index contributed by atoms with van der Waals surface area (Å²) in [6, 6.07) is 7.27. The van der Waals surface area contributed by atoms with Crippen molar-refractivity contribution in [1.82, 2.24) is 20.4 Å². The number of nitrogens with zero attached hydrogens (tertiary/aromatic N) is 3. The van der Waals surface area contributed by atoms with E-state index < -0.39 is 0 Å². The van der Waals surface area contributed by atoms with Crippen LogP contribution in [0.5, 0.6) is 0 Å². The van der Waals surface area contributed by atoms with Crippen LogP contribution < -0.4 is 5.32 Å². The van der Waals surface area contributed by atoms with E-state index in [4.69, 9.17) is 16.1 Å². The van der Waals surface area contributed by atoms with Crippen LogP contribution in [0.3, 0.4) is 0 Å². The number of hydrogen-bond donors (Lipinski definition) is 1. The monoisotopic (exact) mass is 376 g/mol. The first-order valence-electron chi connectivity index (χ1n) is 9.16. The Hall–Kier alpha value is -1.92. The van der Waals surface area contributed by atoms with Crippen molar-refractivity contribution < 1.29 is 9.32 Å². The van der Waals surface area contributed by atoms with Crippen molar-refractivity contribution in [2.45, 2.75) is 32.1 Å². The second kappa shape index (κ2) is 9.14. The molecule has 1 aliphatic rings. The van der Waals surface area contributed by atoms with Crippen LogP contribution in [0, 0.1) is 5.92 Å². The van der Waals surface area contributed by atoms with Gasteiger partial charge in [-0.2, -0.15) is 4.98 Å². The first kappa shape index (κ1) is 18.9. The van der Waals surface area contributed by atoms with Crippen molar-refractivity contribution in [2.24, 2.45) is 5.92 Å². The van der Waals surface area contributed by atoms with Gasteiger partial charge in [0.2, 0.25) is 17.6 Å². The maximum atomic E-state index is 12.4. The van der Waals surface area contributed by atoms with E-state index in [9.17, 15) is 4.79 Å². The number of likely N-dealkylation sites (tertiary alicyclic amines) is 1. The minimum atomic E-state index is 0.170. The molecule has 140 valence electrons. The van der Waals surface area contributed by atoms with Gasteiger partial charge in [-0.05, 0) is 63.0 Å². The van der Waals surface area contributed by atoms with Crippen molar-refractivity contribution in [2.75, 3.05) is 26.7 Å². The van der Waals surface area contributed by atoms with E-state index in [1.807, 2.05) is 24.1 Å². The third kappa shape index (κ3) is 5.05. The molecule has 0 atom stereocenters. The number of carbonyl (C=O) groups excluding carboxylic acids is 1. The van der Waals surface area contributed by atoms with Crippen LogP contribution in [0.2, 0.25) is 5.02 Å². The molecule has 1 saturated heterocycles. The molecule has 0 aliphatic carbocycles. The summed E-state index contributed by atoms with van der Waals surface area (Å²) >= 11 is 5.89. The van der Waals surface area contributed by atoms with Crippen molar-refractivity contribution in [1.29, 1.82) is 0 Å². The summed E-state index contributed by atoms with van der Waals surface area (Å²) in [5.74, 6) is 1.91. The molecule has 1 aromatic carbocycles. The van der Waals surface area contributed by atoms with Gasteiger partial charge >= 0.3 is 0 Å². The molecular weight excluding hydrogens is 352 g/mol. The highest BCUT2D eigenvalue weighted by atomic mass is 35.5. The molecule has 1 aliphatic heterocycles. The van der Waals surface area contributed by atoms with Gasteiger partial charge in [0.15, 0.2) is 0 Å². The van der Waals surface area contributed by atoms with Gasteiger partial charge in [0, 0.05) is 36.5 Å². The van der Waals surface area contributed by atoms with Gasteiger partial charge in [-0.1, -0.05) is 16.8 Å². The van der Waals surface area contributed by atoms with Crippen LogP contribution in [0.4, 0.5) is 0 Å². The summed E-state index contributed by atoms with van der Waals surface area (Å²) in [6.07, 6.45) is 4.25. The highest BCUT2D eigenvalue weighted by molar-refractivity contribution is 6.30. The number of rotatable bonds is 7. The van der Waals surface area contributed by atoms with Crippen molar-refractivity contribution in [3.8, 4) is 11.4 Å². The Balaban J connectivity index is 1.46. The number of benzene rings is 1. The Labute approximate surface area is 158 Å². The topological polar surface area (TPSA) is 71.3 Å². The number of carbonyl (C=O) groups is 1. The Morgan fingerprint density at radius 3 is 2.73 bits per heavy atom. The number of hydrogen-bond acceptors (Lipinski definition) is 5. The molecule has 1 aromatic heterocycles. The molecular formula is C19H25ClN4O2. The van der Waals surface area contributed by atoms with E-state index in [0.717, 1.165) is 44.0 Å². The SMILES string of the molecule is CNCCC1CCN(C(=O)CCc2nc(-c3ccc(Cl)cc3)no2)CC1. The second-order valence-corrected chi connectivity index (χ2v) is 7.17. The van der Waals surface area contributed by atoms with Crippen molar-refractivity contribution >= 4 is 17.5 Å². The van der Waals surface area contributed by atoms with Crippen LogP contribution in [0.1, 0.15) is 31.6 Å². The van der Waals surface area contributed by atoms with Crippen LogP contribution >= 0.6 is 11.6 Å². The fourth-order valence-electron chi connectivity index (χ4n) is 3.26. The molecule has 1 N–H and O–H groups in total. The average molecular weight is 377 g/mol. The van der Waals surface area contributed by atoms with Crippen LogP contribution in [-0.2, 0) is 11.2 Å². The normalized spacial score (nSPS) is 15.4. The van der Waals surface area contributed by atoms with Crippen molar-refractivity contribution in [3.05, 3.63) is 35.2 Å². The molecule has 6 nitrogen and oxygen atoms in total. The van der Waals surface area contributed by atoms with Crippen LogP contribution in [0.15, 0.2) is 28.8 Å². The lowest BCUT2D eigenvalue weighted by Crippen LogP contribution is -2.39. The number of aromatic nitrogens is 2. The molecule has 3 rings (SSSR count). The molecule has 0 unspecified atom stereocenters. The van der Waals surface area contributed by atoms with E-state index >= 15 is 0 Å². The standard InChI is InChI=1S/C19H25ClN4O2/c1-21-11-8-14-9-12-24(13-10-14)18(25)7-6-17-22-19(23-26-17)15-2-4-16(20)5-3-15/h2-5,14,21H,6-13H2,1H3. The molecule has 0 bridgehead atoms. The third-order valence-corrected chi connectivity index (χ3v) is 5.15. The lowest BCUT2D eigenvalue weighted by Gasteiger charge is -2.32. The molecule has 2 aromatic rings. The molecule has 26 heavy (non-hydrogen) atoms. The first-order valence-corrected chi connectivity index (χ1v) is 9.54. The quantitative estimate of drug-likeness (QED) is 0.803. The molecule has 7 heteroatoms. The van der Waals surface area contributed by atoms with Gasteiger partial charge in [0.05, 0.1) is 0 Å². The van der Waals surface area contributed by atoms with E-state index in [2.05, 4.69) is 15.5 Å². The van der Waals surface area contributed by atoms with Gasteiger partial charge in [0.25, 0.3) is 0 Å². The summed E-state index contributed by atoms with van der Waals surface area (Å²) in [4.78, 5) is 18.8. The van der Waals surface area contributed by atoms with E-state index in [1.54, 1.807) is 12.1 Å². The van der Waals surface area contributed by atoms with Gasteiger partial charge < -0.3 is 14.7 Å². The largest absolute Gasteiger partial charge is 0.343 e. The Kier molecular flexibility index (Phi) is 6.63. The van der Waals surface area contributed by atoms with Gasteiger partial charge in [0.1, 0.15) is 0 Å². The average Bonchev–Trinajstić information content (AvgIpc) is 3.14. The zero-order valence-electron chi connectivity index (χ0n) is 15.1. The molecule has 1 fully saturated rings. The summed E-state index contributed by atoms with van der Waals surface area (Å²) in [6.45, 7) is 2.76. The minimum absolute atomic E-state index is 0.170. The van der Waals surface area contributed by atoms with Gasteiger partial charge in [-0.3, -0.25) is 4.79 Å². The second-order valence-electron chi connectivity index (χ2n) is 6.74. The molecule has 0 radical (unpaired) electrons. The molecule has 0 spiro atoms. The summed E-state index contributed by atoms with van der Waals surface area (Å²) in [5.41, 5.74) is 0.847. The van der Waals surface area contributed by atoms with Crippen LogP contribution in [-0.4, -0.2) is 47.6 Å². The predicted molar refractivity (Wildman–Crippen MR) is 101 cm³/mol. The fourth-order valence-corrected chi connectivity index (χ4v) is 3.39. The van der Waals surface area contributed by atoms with E-state index in [1.165, 1.54) is 6.42 Å². The Morgan fingerprint density at radius 1 is 1.31 bits per heavy atom. The number of aryl methyl sites for hydroxylation is 1. The maximum Gasteiger partial charge on any atom is 0.227 e. The molecule has 0 saturated carbocycles. The molecule has 2 heterocycles. The minimum Gasteiger partial charge on any atom is -0.343 e. The van der Waals surface area contributed by atoms with Gasteiger partial charge in [-0.15, -0.1) is 0 Å². The summed E-state index contributed by atoms with van der Waals surface area (Å²) in [5, 5.41) is 7.84. The zero-order chi connectivity index (χ0) is 18.4. The number of piperidine rings is 1. The summed E-state index contributed by atoms with van der Waals surface area (Å²) < 4.78 is 5.28.